The van der Waals surface area contributed by atoms with E-state index in [2.05, 4.69) is 22.6 Å². The van der Waals surface area contributed by atoms with Gasteiger partial charge in [0, 0.05) is 3.57 Å². The number of nitrogen functional groups attached to an aromatic ring is 1. The molecule has 0 spiro atoms. The van der Waals surface area contributed by atoms with Crippen LogP contribution in [-0.2, 0) is 11.3 Å². The zero-order chi connectivity index (χ0) is 15.2. The zero-order valence-electron chi connectivity index (χ0n) is 11.6. The monoisotopic (exact) mass is 397 g/mol. The van der Waals surface area contributed by atoms with Crippen LogP contribution in [0.25, 0.3) is 0 Å². The highest BCUT2D eigenvalue weighted by Gasteiger charge is 2.16. The zero-order valence-corrected chi connectivity index (χ0v) is 13.8. The summed E-state index contributed by atoms with van der Waals surface area (Å²) >= 11 is 2.23. The largest absolute Gasteiger partial charge is 0.491 e. The van der Waals surface area contributed by atoms with Crippen LogP contribution in [0.4, 0.5) is 5.69 Å². The molecule has 5 heteroatoms. The van der Waals surface area contributed by atoms with Gasteiger partial charge in [-0.05, 0) is 59.3 Å². The van der Waals surface area contributed by atoms with E-state index in [-0.39, 0.29) is 6.61 Å². The Balaban J connectivity index is 2.10. The van der Waals surface area contributed by atoms with E-state index in [4.69, 9.17) is 15.2 Å². The Morgan fingerprint density at radius 3 is 2.57 bits per heavy atom. The Morgan fingerprint density at radius 2 is 1.90 bits per heavy atom. The third-order valence-electron chi connectivity index (χ3n) is 2.84. The van der Waals surface area contributed by atoms with Crippen molar-refractivity contribution in [1.29, 1.82) is 0 Å². The van der Waals surface area contributed by atoms with Gasteiger partial charge in [0.2, 0.25) is 0 Å². The molecule has 0 aliphatic rings. The van der Waals surface area contributed by atoms with Crippen molar-refractivity contribution in [2.24, 2.45) is 0 Å². The molecule has 0 aliphatic heterocycles. The van der Waals surface area contributed by atoms with Gasteiger partial charge in [-0.2, -0.15) is 0 Å². The van der Waals surface area contributed by atoms with Crippen LogP contribution in [0.5, 0.6) is 5.75 Å². The lowest BCUT2D eigenvalue weighted by Gasteiger charge is -2.12. The minimum Gasteiger partial charge on any atom is -0.491 e. The maximum atomic E-state index is 12.2. The molecule has 4 nitrogen and oxygen atoms in total. The van der Waals surface area contributed by atoms with E-state index < -0.39 is 5.97 Å². The number of carbonyl (C=O) groups excluding carboxylic acids is 1. The van der Waals surface area contributed by atoms with E-state index in [1.807, 2.05) is 31.2 Å². The highest BCUT2D eigenvalue weighted by molar-refractivity contribution is 14.1. The van der Waals surface area contributed by atoms with Crippen LogP contribution < -0.4 is 10.5 Å². The van der Waals surface area contributed by atoms with Crippen molar-refractivity contribution in [2.75, 3.05) is 12.3 Å². The number of rotatable bonds is 5. The molecule has 2 N–H and O–H groups in total. The predicted octanol–water partition coefficient (Wildman–Crippen LogP) is 3.63. The van der Waals surface area contributed by atoms with E-state index in [0.29, 0.717) is 23.6 Å². The molecule has 2 rings (SSSR count). The first-order valence-corrected chi connectivity index (χ1v) is 7.62. The second-order valence-corrected chi connectivity index (χ2v) is 5.61. The summed E-state index contributed by atoms with van der Waals surface area (Å²) in [6.45, 7) is 2.49. The van der Waals surface area contributed by atoms with Gasteiger partial charge in [-0.15, -0.1) is 0 Å². The number of benzene rings is 2. The van der Waals surface area contributed by atoms with Gasteiger partial charge in [-0.3, -0.25) is 0 Å². The van der Waals surface area contributed by atoms with Gasteiger partial charge in [-0.1, -0.05) is 18.2 Å². The number of para-hydroxylation sites is 1. The summed E-state index contributed by atoms with van der Waals surface area (Å²) < 4.78 is 11.9. The van der Waals surface area contributed by atoms with E-state index >= 15 is 0 Å². The highest BCUT2D eigenvalue weighted by Crippen LogP contribution is 2.27. The van der Waals surface area contributed by atoms with Crippen molar-refractivity contribution < 1.29 is 14.3 Å². The van der Waals surface area contributed by atoms with Crippen LogP contribution in [0.15, 0.2) is 42.5 Å². The van der Waals surface area contributed by atoms with Crippen LogP contribution >= 0.6 is 22.6 Å². The molecular formula is C16H16INO3. The second-order valence-electron chi connectivity index (χ2n) is 4.36. The fourth-order valence-corrected chi connectivity index (χ4v) is 2.19. The summed E-state index contributed by atoms with van der Waals surface area (Å²) in [6, 6.07) is 12.8. The summed E-state index contributed by atoms with van der Waals surface area (Å²) in [6.07, 6.45) is 0. The number of ether oxygens (including phenoxy) is 2. The van der Waals surface area contributed by atoms with Gasteiger partial charge in [0.1, 0.15) is 12.2 Å². The third kappa shape index (κ3) is 4.10. The molecule has 0 heterocycles. The molecule has 0 saturated carbocycles. The average molecular weight is 397 g/mol. The van der Waals surface area contributed by atoms with Crippen LogP contribution in [0, 0.1) is 3.57 Å². The lowest BCUT2D eigenvalue weighted by Crippen LogP contribution is -2.09. The number of hydrogen-bond acceptors (Lipinski definition) is 4. The molecule has 110 valence electrons. The normalized spacial score (nSPS) is 10.2. The number of hydrogen-bond donors (Lipinski definition) is 1. The Bertz CT molecular complexity index is 626. The molecule has 0 aromatic heterocycles. The first kappa shape index (κ1) is 15.6. The minimum atomic E-state index is -0.440. The quantitative estimate of drug-likeness (QED) is 0.476. The fraction of sp³-hybridized carbons (Fsp3) is 0.188. The fourth-order valence-electron chi connectivity index (χ4n) is 1.83. The Hall–Kier alpha value is -1.76. The van der Waals surface area contributed by atoms with Gasteiger partial charge >= 0.3 is 5.97 Å². The van der Waals surface area contributed by atoms with Crippen molar-refractivity contribution in [2.45, 2.75) is 13.5 Å². The first-order valence-electron chi connectivity index (χ1n) is 6.54. The van der Waals surface area contributed by atoms with Gasteiger partial charge in [0.15, 0.2) is 5.75 Å². The van der Waals surface area contributed by atoms with Crippen molar-refractivity contribution in [3.05, 3.63) is 57.2 Å². The predicted molar refractivity (Wildman–Crippen MR) is 90.3 cm³/mol. The first-order chi connectivity index (χ1) is 10.1. The Labute approximate surface area is 137 Å². The second kappa shape index (κ2) is 7.31. The smallest absolute Gasteiger partial charge is 0.342 e. The van der Waals surface area contributed by atoms with Crippen molar-refractivity contribution >= 4 is 34.2 Å². The highest BCUT2D eigenvalue weighted by atomic mass is 127. The molecule has 0 aliphatic carbocycles. The molecule has 2 aromatic carbocycles. The third-order valence-corrected chi connectivity index (χ3v) is 3.56. The lowest BCUT2D eigenvalue weighted by atomic mass is 10.1. The molecule has 0 amide bonds. The summed E-state index contributed by atoms with van der Waals surface area (Å²) in [5.41, 5.74) is 7.55. The minimum absolute atomic E-state index is 0.218. The topological polar surface area (TPSA) is 61.5 Å². The van der Waals surface area contributed by atoms with Crippen LogP contribution in [-0.4, -0.2) is 12.6 Å². The molecule has 0 radical (unpaired) electrons. The number of nitrogens with two attached hydrogens (primary N) is 1. The Kier molecular flexibility index (Phi) is 5.44. The summed E-state index contributed by atoms with van der Waals surface area (Å²) in [5.74, 6) is -0.0584. The standard InChI is InChI=1S/C16H16INO3/c1-2-20-15-13(4-3-5-14(15)18)16(19)21-10-11-6-8-12(17)9-7-11/h3-9H,2,10,18H2,1H3. The molecule has 0 unspecified atom stereocenters. The number of carbonyl (C=O) groups is 1. The van der Waals surface area contributed by atoms with Crippen LogP contribution in [0.2, 0.25) is 0 Å². The SMILES string of the molecule is CCOc1c(N)cccc1C(=O)OCc1ccc(I)cc1. The van der Waals surface area contributed by atoms with Crippen LogP contribution in [0.3, 0.4) is 0 Å². The molecule has 21 heavy (non-hydrogen) atoms. The van der Waals surface area contributed by atoms with Crippen molar-refractivity contribution in [3.63, 3.8) is 0 Å². The number of anilines is 1. The van der Waals surface area contributed by atoms with Gasteiger partial charge in [0.25, 0.3) is 0 Å². The number of esters is 1. The molecule has 0 bridgehead atoms. The van der Waals surface area contributed by atoms with Crippen LogP contribution in [0.1, 0.15) is 22.8 Å². The molecule has 0 saturated heterocycles. The van der Waals surface area contributed by atoms with Gasteiger partial charge < -0.3 is 15.2 Å². The van der Waals surface area contributed by atoms with E-state index in [9.17, 15) is 4.79 Å². The van der Waals surface area contributed by atoms with Crippen molar-refractivity contribution in [3.8, 4) is 5.75 Å². The van der Waals surface area contributed by atoms with E-state index in [0.717, 1.165) is 9.13 Å². The summed E-state index contributed by atoms with van der Waals surface area (Å²) in [5, 5.41) is 0. The summed E-state index contributed by atoms with van der Waals surface area (Å²) in [4.78, 5) is 12.2. The molecule has 0 fully saturated rings. The van der Waals surface area contributed by atoms with Crippen molar-refractivity contribution in [1.82, 2.24) is 0 Å². The number of halogens is 1. The summed E-state index contributed by atoms with van der Waals surface area (Å²) in [7, 11) is 0. The van der Waals surface area contributed by atoms with E-state index in [1.54, 1.807) is 18.2 Å². The molecular weight excluding hydrogens is 381 g/mol. The Morgan fingerprint density at radius 1 is 1.19 bits per heavy atom. The molecule has 0 atom stereocenters. The van der Waals surface area contributed by atoms with E-state index in [1.165, 1.54) is 0 Å². The maximum Gasteiger partial charge on any atom is 0.342 e. The average Bonchev–Trinajstić information content (AvgIpc) is 2.48. The lowest BCUT2D eigenvalue weighted by molar-refractivity contribution is 0.0468. The maximum absolute atomic E-state index is 12.2. The molecule has 2 aromatic rings. The van der Waals surface area contributed by atoms with Gasteiger partial charge in [-0.25, -0.2) is 4.79 Å². The van der Waals surface area contributed by atoms with Gasteiger partial charge in [0.05, 0.1) is 12.3 Å².